The summed E-state index contributed by atoms with van der Waals surface area (Å²) in [7, 11) is 0. The van der Waals surface area contributed by atoms with Crippen molar-refractivity contribution in [1.29, 1.82) is 0 Å². The van der Waals surface area contributed by atoms with E-state index in [0.29, 0.717) is 5.02 Å². The van der Waals surface area contributed by atoms with E-state index in [4.69, 9.17) is 11.6 Å². The molecule has 3 nitrogen and oxygen atoms in total. The van der Waals surface area contributed by atoms with E-state index in [1.165, 1.54) is 0 Å². The van der Waals surface area contributed by atoms with Gasteiger partial charge in [0.2, 0.25) is 0 Å². The van der Waals surface area contributed by atoms with Gasteiger partial charge in [0, 0.05) is 27.9 Å². The summed E-state index contributed by atoms with van der Waals surface area (Å²) in [5.41, 5.74) is 1.90. The van der Waals surface area contributed by atoms with Crippen molar-refractivity contribution in [3.8, 4) is 11.4 Å². The molecule has 2 heterocycles. The van der Waals surface area contributed by atoms with Gasteiger partial charge in [-0.2, -0.15) is 0 Å². The first-order valence-corrected chi connectivity index (χ1v) is 8.18. The highest BCUT2D eigenvalue weighted by Gasteiger charge is 2.10. The van der Waals surface area contributed by atoms with Crippen molar-refractivity contribution in [3.63, 3.8) is 0 Å². The molecule has 1 aromatic carbocycles. The Kier molecular flexibility index (Phi) is 3.92. The predicted octanol–water partition coefficient (Wildman–Crippen LogP) is 5.21. The zero-order valence-electron chi connectivity index (χ0n) is 10.7. The molecule has 0 saturated carbocycles. The molecule has 3 rings (SSSR count). The molecule has 2 aromatic heterocycles. The molecule has 1 N–H and O–H groups in total. The van der Waals surface area contributed by atoms with E-state index >= 15 is 0 Å². The normalized spacial score (nSPS) is 10.9. The third-order valence-corrected chi connectivity index (χ3v) is 4.57. The molecule has 0 unspecified atom stereocenters. The van der Waals surface area contributed by atoms with Crippen LogP contribution in [0.15, 0.2) is 33.4 Å². The number of hydrogen-bond donors (Lipinski definition) is 1. The Morgan fingerprint density at radius 2 is 2.15 bits per heavy atom. The number of benzene rings is 1. The summed E-state index contributed by atoms with van der Waals surface area (Å²) >= 11 is 11.2. The van der Waals surface area contributed by atoms with Gasteiger partial charge in [-0.25, -0.2) is 9.97 Å². The van der Waals surface area contributed by atoms with Gasteiger partial charge >= 0.3 is 0 Å². The van der Waals surface area contributed by atoms with Crippen LogP contribution in [0.1, 0.15) is 6.92 Å². The summed E-state index contributed by atoms with van der Waals surface area (Å²) in [5, 5.41) is 6.94. The maximum absolute atomic E-state index is 6.06. The quantitative estimate of drug-likeness (QED) is 0.690. The number of rotatable bonds is 3. The Morgan fingerprint density at radius 3 is 2.85 bits per heavy atom. The first kappa shape index (κ1) is 13.8. The number of halogens is 2. The molecule has 0 atom stereocenters. The number of nitrogens with one attached hydrogen (secondary N) is 1. The first-order chi connectivity index (χ1) is 9.67. The fourth-order valence-corrected chi connectivity index (χ4v) is 3.27. The van der Waals surface area contributed by atoms with Crippen molar-refractivity contribution >= 4 is 55.6 Å². The van der Waals surface area contributed by atoms with E-state index < -0.39 is 0 Å². The monoisotopic (exact) mass is 367 g/mol. The van der Waals surface area contributed by atoms with E-state index in [9.17, 15) is 0 Å². The zero-order valence-corrected chi connectivity index (χ0v) is 13.8. The number of anilines is 1. The molecule has 0 saturated heterocycles. The minimum atomic E-state index is 0.686. The van der Waals surface area contributed by atoms with Gasteiger partial charge in [0.05, 0.1) is 9.30 Å². The van der Waals surface area contributed by atoms with Gasteiger partial charge in [0.25, 0.3) is 0 Å². The second-order valence-corrected chi connectivity index (χ2v) is 6.95. The van der Waals surface area contributed by atoms with Crippen LogP contribution in [0.5, 0.6) is 0 Å². The van der Waals surface area contributed by atoms with Crippen LogP contribution in [-0.2, 0) is 0 Å². The summed E-state index contributed by atoms with van der Waals surface area (Å²) < 4.78 is 1.07. The van der Waals surface area contributed by atoms with Crippen LogP contribution in [0.25, 0.3) is 22.3 Å². The molecule has 3 aromatic rings. The van der Waals surface area contributed by atoms with Crippen molar-refractivity contribution in [2.24, 2.45) is 0 Å². The highest BCUT2D eigenvalue weighted by Crippen LogP contribution is 2.31. The number of fused-ring (bicyclic) bond motifs is 1. The minimum absolute atomic E-state index is 0.686. The Morgan fingerprint density at radius 1 is 1.30 bits per heavy atom. The lowest BCUT2D eigenvalue weighted by Gasteiger charge is -2.09. The third-order valence-electron chi connectivity index (χ3n) is 2.83. The third kappa shape index (κ3) is 2.66. The van der Waals surface area contributed by atoms with Gasteiger partial charge in [0.1, 0.15) is 5.82 Å². The topological polar surface area (TPSA) is 37.8 Å². The predicted molar refractivity (Wildman–Crippen MR) is 89.7 cm³/mol. The summed E-state index contributed by atoms with van der Waals surface area (Å²) in [4.78, 5) is 9.24. The summed E-state index contributed by atoms with van der Waals surface area (Å²) in [6.45, 7) is 2.84. The van der Waals surface area contributed by atoms with Crippen molar-refractivity contribution in [3.05, 3.63) is 38.5 Å². The van der Waals surface area contributed by atoms with Gasteiger partial charge in [0.15, 0.2) is 5.82 Å². The molecule has 0 bridgehead atoms. The van der Waals surface area contributed by atoms with Gasteiger partial charge in [-0.15, -0.1) is 11.3 Å². The summed E-state index contributed by atoms with van der Waals surface area (Å²) in [5.74, 6) is 1.54. The highest BCUT2D eigenvalue weighted by atomic mass is 79.9. The van der Waals surface area contributed by atoms with Crippen LogP contribution in [0.4, 0.5) is 5.82 Å². The number of hydrogen-bond acceptors (Lipinski definition) is 4. The Balaban J connectivity index is 2.22. The average molecular weight is 369 g/mol. The molecule has 0 spiro atoms. The number of aromatic nitrogens is 2. The van der Waals surface area contributed by atoms with Gasteiger partial charge in [-0.05, 0) is 47.1 Å². The van der Waals surface area contributed by atoms with Crippen molar-refractivity contribution in [2.75, 3.05) is 11.9 Å². The summed E-state index contributed by atoms with van der Waals surface area (Å²) in [6.07, 6.45) is 0. The van der Waals surface area contributed by atoms with Crippen LogP contribution >= 0.6 is 38.9 Å². The van der Waals surface area contributed by atoms with Gasteiger partial charge < -0.3 is 5.32 Å². The molecule has 0 aliphatic rings. The Hall–Kier alpha value is -1.17. The second kappa shape index (κ2) is 5.68. The number of nitrogens with zero attached hydrogens (tertiary/aromatic N) is 2. The molecule has 0 amide bonds. The molecule has 0 radical (unpaired) electrons. The fraction of sp³-hybridized carbons (Fsp3) is 0.143. The van der Waals surface area contributed by atoms with Crippen molar-refractivity contribution in [2.45, 2.75) is 6.92 Å². The van der Waals surface area contributed by atoms with Crippen LogP contribution in [-0.4, -0.2) is 16.5 Å². The molecule has 20 heavy (non-hydrogen) atoms. The highest BCUT2D eigenvalue weighted by molar-refractivity contribution is 9.11. The standard InChI is InChI=1S/C14H11BrClN3S/c1-2-17-14-10-6-9(16)3-4-11(10)18-13(19-14)8-5-12(15)20-7-8/h3-7H,2H2,1H3,(H,17,18,19). The molecular weight excluding hydrogens is 358 g/mol. The molecule has 102 valence electrons. The van der Waals surface area contributed by atoms with E-state index in [0.717, 1.165) is 38.4 Å². The lowest BCUT2D eigenvalue weighted by molar-refractivity contribution is 1.15. The smallest absolute Gasteiger partial charge is 0.163 e. The van der Waals surface area contributed by atoms with E-state index in [1.807, 2.05) is 36.6 Å². The van der Waals surface area contributed by atoms with Gasteiger partial charge in [-0.1, -0.05) is 11.6 Å². The summed E-state index contributed by atoms with van der Waals surface area (Å²) in [6, 6.07) is 7.69. The van der Waals surface area contributed by atoms with E-state index in [2.05, 4.69) is 31.2 Å². The lowest BCUT2D eigenvalue weighted by atomic mass is 10.2. The van der Waals surface area contributed by atoms with Crippen LogP contribution in [0, 0.1) is 0 Å². The molecule has 0 aliphatic heterocycles. The maximum atomic E-state index is 6.06. The van der Waals surface area contributed by atoms with Gasteiger partial charge in [-0.3, -0.25) is 0 Å². The lowest BCUT2D eigenvalue weighted by Crippen LogP contribution is -2.02. The average Bonchev–Trinajstić information content (AvgIpc) is 2.86. The first-order valence-electron chi connectivity index (χ1n) is 6.13. The maximum Gasteiger partial charge on any atom is 0.163 e. The van der Waals surface area contributed by atoms with Crippen LogP contribution in [0.2, 0.25) is 5.02 Å². The second-order valence-electron chi connectivity index (χ2n) is 4.23. The van der Waals surface area contributed by atoms with Crippen LogP contribution in [0.3, 0.4) is 0 Å². The Labute approximate surface area is 134 Å². The van der Waals surface area contributed by atoms with Crippen LogP contribution < -0.4 is 5.32 Å². The van der Waals surface area contributed by atoms with Crippen molar-refractivity contribution in [1.82, 2.24) is 9.97 Å². The fourth-order valence-electron chi connectivity index (χ4n) is 1.96. The molecule has 6 heteroatoms. The molecule has 0 fully saturated rings. The molecular formula is C14H11BrClN3S. The zero-order chi connectivity index (χ0) is 14.1. The van der Waals surface area contributed by atoms with Crippen molar-refractivity contribution < 1.29 is 0 Å². The minimum Gasteiger partial charge on any atom is -0.370 e. The Bertz CT molecular complexity index is 772. The molecule has 0 aliphatic carbocycles. The van der Waals surface area contributed by atoms with E-state index in [1.54, 1.807) is 11.3 Å². The largest absolute Gasteiger partial charge is 0.370 e. The number of thiophene rings is 1. The van der Waals surface area contributed by atoms with E-state index in [-0.39, 0.29) is 0 Å². The SMILES string of the molecule is CCNc1nc(-c2csc(Br)c2)nc2ccc(Cl)cc12.